The fourth-order valence-electron chi connectivity index (χ4n) is 1.72. The Labute approximate surface area is 140 Å². The fourth-order valence-corrected chi connectivity index (χ4v) is 1.91. The monoisotopic (exact) mass is 342 g/mol. The quantitative estimate of drug-likeness (QED) is 0.602. The van der Waals surface area contributed by atoms with Crippen molar-refractivity contribution in [2.24, 2.45) is 11.3 Å². The number of amides is 2. The van der Waals surface area contributed by atoms with Gasteiger partial charge in [-0.3, -0.25) is 9.59 Å². The molecule has 0 aliphatic rings. The largest absolute Gasteiger partial charge is 0.396 e. The van der Waals surface area contributed by atoms with Crippen LogP contribution >= 0.6 is 11.6 Å². The van der Waals surface area contributed by atoms with Crippen LogP contribution in [0.3, 0.4) is 0 Å². The second-order valence-corrected chi connectivity index (χ2v) is 6.63. The van der Waals surface area contributed by atoms with Gasteiger partial charge in [0.05, 0.1) is 12.5 Å². The number of carbonyl (C=O) groups excluding carboxylic acids is 2. The van der Waals surface area contributed by atoms with Crippen LogP contribution in [0.25, 0.3) is 0 Å². The molecule has 0 aliphatic carbocycles. The number of carbonyl (C=O) groups is 2. The van der Waals surface area contributed by atoms with Crippen molar-refractivity contribution in [2.45, 2.75) is 26.9 Å². The Morgan fingerprint density at radius 3 is 2.52 bits per heavy atom. The molecule has 0 saturated heterocycles. The lowest BCUT2D eigenvalue weighted by Crippen LogP contribution is -2.47. The van der Waals surface area contributed by atoms with E-state index in [1.807, 2.05) is 0 Å². The smallest absolute Gasteiger partial charge is 0.249 e. The number of anilines is 1. The summed E-state index contributed by atoms with van der Waals surface area (Å²) in [6, 6.07) is 6.75. The van der Waals surface area contributed by atoms with E-state index in [0.29, 0.717) is 10.7 Å². The number of hydrogen-bond acceptors (Lipinski definition) is 4. The van der Waals surface area contributed by atoms with Gasteiger partial charge < -0.3 is 20.8 Å². The minimum atomic E-state index is -1.35. The molecule has 128 valence electrons. The molecule has 0 unspecified atom stereocenters. The number of hydrogen-bond donors (Lipinski definition) is 4. The second-order valence-electron chi connectivity index (χ2n) is 6.20. The summed E-state index contributed by atoms with van der Waals surface area (Å²) in [6.07, 6.45) is -1.35. The number of aliphatic hydroxyl groups is 2. The Morgan fingerprint density at radius 2 is 1.96 bits per heavy atom. The van der Waals surface area contributed by atoms with E-state index in [2.05, 4.69) is 10.6 Å². The van der Waals surface area contributed by atoms with Crippen molar-refractivity contribution in [2.75, 3.05) is 18.5 Å². The van der Waals surface area contributed by atoms with Gasteiger partial charge >= 0.3 is 0 Å². The highest BCUT2D eigenvalue weighted by atomic mass is 35.5. The minimum Gasteiger partial charge on any atom is -0.396 e. The van der Waals surface area contributed by atoms with E-state index in [-0.39, 0.29) is 19.1 Å². The Morgan fingerprint density at radius 1 is 1.30 bits per heavy atom. The summed E-state index contributed by atoms with van der Waals surface area (Å²) >= 11 is 5.85. The molecule has 7 heteroatoms. The summed E-state index contributed by atoms with van der Waals surface area (Å²) in [5, 5.41) is 24.8. The van der Waals surface area contributed by atoms with Crippen LogP contribution in [-0.2, 0) is 9.59 Å². The molecule has 0 aromatic heterocycles. The molecule has 23 heavy (non-hydrogen) atoms. The van der Waals surface area contributed by atoms with Crippen molar-refractivity contribution in [1.82, 2.24) is 5.32 Å². The number of nitrogens with one attached hydrogen (secondary N) is 2. The summed E-state index contributed by atoms with van der Waals surface area (Å²) < 4.78 is 0. The maximum Gasteiger partial charge on any atom is 0.249 e. The maximum absolute atomic E-state index is 12.1. The lowest BCUT2D eigenvalue weighted by atomic mass is 9.87. The summed E-state index contributed by atoms with van der Waals surface area (Å²) in [5.41, 5.74) is -0.377. The van der Waals surface area contributed by atoms with Gasteiger partial charge in [0.2, 0.25) is 11.8 Å². The average molecular weight is 343 g/mol. The van der Waals surface area contributed by atoms with Gasteiger partial charge in [-0.25, -0.2) is 0 Å². The molecule has 2 amide bonds. The third-order valence-electron chi connectivity index (χ3n) is 3.52. The van der Waals surface area contributed by atoms with Crippen molar-refractivity contribution in [3.05, 3.63) is 29.3 Å². The summed E-state index contributed by atoms with van der Waals surface area (Å²) in [7, 11) is 0. The molecule has 0 radical (unpaired) electrons. The number of rotatable bonds is 7. The molecule has 1 rings (SSSR count). The Balaban J connectivity index is 2.51. The van der Waals surface area contributed by atoms with Crippen molar-refractivity contribution in [3.63, 3.8) is 0 Å². The number of benzene rings is 1. The summed E-state index contributed by atoms with van der Waals surface area (Å²) in [5.74, 6) is -1.39. The van der Waals surface area contributed by atoms with Crippen molar-refractivity contribution < 1.29 is 19.8 Å². The molecule has 1 aromatic rings. The molecule has 2 atom stereocenters. The van der Waals surface area contributed by atoms with E-state index in [9.17, 15) is 14.7 Å². The molecular formula is C16H23ClN2O4. The molecule has 0 bridgehead atoms. The Hall–Kier alpha value is -1.63. The standard InChI is InChI=1S/C16H23ClN2O4/c1-10(8-18-15(23)13(21)16(2,3)9-20)14(22)19-12-6-4-5-11(17)7-12/h4-7,10,13,20-21H,8-9H2,1-3H3,(H,18,23)(H,19,22)/t10-,13-/m0/s1. The molecule has 1 aromatic carbocycles. The van der Waals surface area contributed by atoms with Gasteiger partial charge in [0, 0.05) is 22.7 Å². The van der Waals surface area contributed by atoms with Gasteiger partial charge in [-0.2, -0.15) is 0 Å². The van der Waals surface area contributed by atoms with E-state index in [4.69, 9.17) is 16.7 Å². The highest BCUT2D eigenvalue weighted by Gasteiger charge is 2.33. The first-order chi connectivity index (χ1) is 10.7. The average Bonchev–Trinajstić information content (AvgIpc) is 2.51. The zero-order valence-corrected chi connectivity index (χ0v) is 14.2. The van der Waals surface area contributed by atoms with Gasteiger partial charge in [0.15, 0.2) is 0 Å². The minimum absolute atomic E-state index is 0.0732. The fraction of sp³-hybridized carbons (Fsp3) is 0.500. The highest BCUT2D eigenvalue weighted by molar-refractivity contribution is 6.30. The molecule has 0 aliphatic heterocycles. The van der Waals surface area contributed by atoms with Crippen LogP contribution in [0.4, 0.5) is 5.69 Å². The summed E-state index contributed by atoms with van der Waals surface area (Å²) in [4.78, 5) is 23.9. The first-order valence-corrected chi connectivity index (χ1v) is 7.68. The first kappa shape index (κ1) is 19.4. The van der Waals surface area contributed by atoms with E-state index < -0.39 is 23.3 Å². The van der Waals surface area contributed by atoms with E-state index in [1.165, 1.54) is 0 Å². The molecule has 4 N–H and O–H groups in total. The highest BCUT2D eigenvalue weighted by Crippen LogP contribution is 2.19. The normalized spacial score (nSPS) is 14.0. The predicted molar refractivity (Wildman–Crippen MR) is 89.1 cm³/mol. The third kappa shape index (κ3) is 5.82. The molecule has 0 saturated carbocycles. The SMILES string of the molecule is C[C@@H](CNC(=O)[C@H](O)C(C)(C)CO)C(=O)Nc1cccc(Cl)c1. The van der Waals surface area contributed by atoms with Crippen LogP contribution in [0.1, 0.15) is 20.8 Å². The van der Waals surface area contributed by atoms with E-state index in [1.54, 1.807) is 45.0 Å². The van der Waals surface area contributed by atoms with Gasteiger partial charge in [0.25, 0.3) is 0 Å². The number of halogens is 1. The van der Waals surface area contributed by atoms with Crippen LogP contribution in [0.5, 0.6) is 0 Å². The lowest BCUT2D eigenvalue weighted by Gasteiger charge is -2.27. The molecule has 0 heterocycles. The Bertz CT molecular complexity index is 563. The van der Waals surface area contributed by atoms with Crippen molar-refractivity contribution >= 4 is 29.1 Å². The van der Waals surface area contributed by atoms with E-state index >= 15 is 0 Å². The number of aliphatic hydroxyl groups excluding tert-OH is 2. The van der Waals surface area contributed by atoms with Crippen LogP contribution in [0, 0.1) is 11.3 Å². The molecular weight excluding hydrogens is 320 g/mol. The lowest BCUT2D eigenvalue weighted by molar-refractivity contribution is -0.137. The molecule has 6 nitrogen and oxygen atoms in total. The second kappa shape index (κ2) is 8.29. The van der Waals surface area contributed by atoms with Crippen molar-refractivity contribution in [3.8, 4) is 0 Å². The van der Waals surface area contributed by atoms with Gasteiger partial charge in [-0.1, -0.05) is 38.4 Å². The first-order valence-electron chi connectivity index (χ1n) is 7.30. The Kier molecular flexibility index (Phi) is 7.00. The zero-order valence-electron chi connectivity index (χ0n) is 13.5. The van der Waals surface area contributed by atoms with E-state index in [0.717, 1.165) is 0 Å². The van der Waals surface area contributed by atoms with Crippen molar-refractivity contribution in [1.29, 1.82) is 0 Å². The van der Waals surface area contributed by atoms with Crippen LogP contribution < -0.4 is 10.6 Å². The van der Waals surface area contributed by atoms with Gasteiger partial charge in [0.1, 0.15) is 6.10 Å². The van der Waals surface area contributed by atoms with Crippen LogP contribution in [0.2, 0.25) is 5.02 Å². The predicted octanol–water partition coefficient (Wildman–Crippen LogP) is 1.41. The molecule has 0 fully saturated rings. The molecule has 0 spiro atoms. The zero-order chi connectivity index (χ0) is 17.6. The van der Waals surface area contributed by atoms with Crippen LogP contribution in [0.15, 0.2) is 24.3 Å². The topological polar surface area (TPSA) is 98.7 Å². The van der Waals surface area contributed by atoms with Gasteiger partial charge in [-0.05, 0) is 18.2 Å². The van der Waals surface area contributed by atoms with Crippen LogP contribution in [-0.4, -0.2) is 41.3 Å². The van der Waals surface area contributed by atoms with Gasteiger partial charge in [-0.15, -0.1) is 0 Å². The maximum atomic E-state index is 12.1. The third-order valence-corrected chi connectivity index (χ3v) is 3.75. The summed E-state index contributed by atoms with van der Waals surface area (Å²) in [6.45, 7) is 4.55.